The zero-order valence-corrected chi connectivity index (χ0v) is 17.6. The van der Waals surface area contributed by atoms with Gasteiger partial charge in [-0.3, -0.25) is 4.79 Å². The molecule has 3 aromatic rings. The number of carbonyl (C=O) groups excluding carboxylic acids is 2. The molecule has 0 bridgehead atoms. The molecular formula is C25H25NO4. The molecule has 0 aliphatic rings. The van der Waals surface area contributed by atoms with E-state index < -0.39 is 12.1 Å². The number of rotatable bonds is 6. The van der Waals surface area contributed by atoms with Crippen molar-refractivity contribution in [1.29, 1.82) is 0 Å². The molecule has 0 saturated carbocycles. The molecule has 0 aliphatic heterocycles. The van der Waals surface area contributed by atoms with Crippen LogP contribution in [0.5, 0.6) is 11.5 Å². The number of anilines is 1. The summed E-state index contributed by atoms with van der Waals surface area (Å²) in [5.74, 6) is 0.233. The van der Waals surface area contributed by atoms with Crippen LogP contribution in [0.1, 0.15) is 34.0 Å². The van der Waals surface area contributed by atoms with Gasteiger partial charge in [0.25, 0.3) is 5.91 Å². The summed E-state index contributed by atoms with van der Waals surface area (Å²) >= 11 is 0. The summed E-state index contributed by atoms with van der Waals surface area (Å²) in [6, 6.07) is 19.7. The van der Waals surface area contributed by atoms with Crippen LogP contribution >= 0.6 is 0 Å². The van der Waals surface area contributed by atoms with Gasteiger partial charge in [-0.25, -0.2) is 4.79 Å². The number of esters is 1. The Bertz CT molecular complexity index is 1020. The maximum absolute atomic E-state index is 12.4. The summed E-state index contributed by atoms with van der Waals surface area (Å²) in [6.45, 7) is 7.57. The maximum Gasteiger partial charge on any atom is 0.352 e. The second-order valence-electron chi connectivity index (χ2n) is 7.35. The Morgan fingerprint density at radius 1 is 0.767 bits per heavy atom. The molecule has 1 N–H and O–H groups in total. The Hall–Kier alpha value is -3.60. The molecule has 0 spiro atoms. The quantitative estimate of drug-likeness (QED) is 0.452. The lowest BCUT2D eigenvalue weighted by Gasteiger charge is -2.15. The highest BCUT2D eigenvalue weighted by molar-refractivity contribution is 6.04. The highest BCUT2D eigenvalue weighted by atomic mass is 16.6. The van der Waals surface area contributed by atoms with Crippen molar-refractivity contribution in [2.24, 2.45) is 0 Å². The van der Waals surface area contributed by atoms with Crippen molar-refractivity contribution in [2.75, 3.05) is 5.32 Å². The van der Waals surface area contributed by atoms with Crippen LogP contribution in [0, 0.1) is 20.8 Å². The van der Waals surface area contributed by atoms with Crippen LogP contribution in [0.2, 0.25) is 0 Å². The standard InChI is InChI=1S/C25H25NO4/c1-16-5-9-21(10-6-16)26-24(27)20-7-11-22(12-8-20)30-25(28)19(4)29-23-14-17(2)13-18(3)15-23/h5-15,19H,1-4H3,(H,26,27). The van der Waals surface area contributed by atoms with E-state index in [9.17, 15) is 9.59 Å². The van der Waals surface area contributed by atoms with Gasteiger partial charge >= 0.3 is 5.97 Å². The van der Waals surface area contributed by atoms with Crippen LogP contribution in [0.3, 0.4) is 0 Å². The molecule has 0 heterocycles. The van der Waals surface area contributed by atoms with Crippen LogP contribution in [0.25, 0.3) is 0 Å². The minimum Gasteiger partial charge on any atom is -0.479 e. The third-order valence-corrected chi connectivity index (χ3v) is 4.48. The van der Waals surface area contributed by atoms with Gasteiger partial charge < -0.3 is 14.8 Å². The number of nitrogens with one attached hydrogen (secondary N) is 1. The van der Waals surface area contributed by atoms with Gasteiger partial charge in [0, 0.05) is 11.3 Å². The van der Waals surface area contributed by atoms with Gasteiger partial charge in [-0.05, 0) is 87.4 Å². The van der Waals surface area contributed by atoms with Crippen molar-refractivity contribution in [3.8, 4) is 11.5 Å². The van der Waals surface area contributed by atoms with Crippen molar-refractivity contribution < 1.29 is 19.1 Å². The summed E-state index contributed by atoms with van der Waals surface area (Å²) in [5, 5.41) is 2.83. The van der Waals surface area contributed by atoms with Gasteiger partial charge in [-0.15, -0.1) is 0 Å². The maximum atomic E-state index is 12.4. The zero-order chi connectivity index (χ0) is 21.7. The van der Waals surface area contributed by atoms with E-state index in [0.29, 0.717) is 17.1 Å². The molecule has 5 heteroatoms. The summed E-state index contributed by atoms with van der Waals surface area (Å²) < 4.78 is 11.1. The molecule has 0 radical (unpaired) electrons. The Morgan fingerprint density at radius 2 is 1.37 bits per heavy atom. The first-order valence-electron chi connectivity index (χ1n) is 9.75. The first-order chi connectivity index (χ1) is 14.3. The summed E-state index contributed by atoms with van der Waals surface area (Å²) in [5.41, 5.74) is 4.43. The molecule has 0 aliphatic carbocycles. The van der Waals surface area contributed by atoms with Gasteiger partial charge in [0.05, 0.1) is 0 Å². The van der Waals surface area contributed by atoms with Crippen LogP contribution in [-0.4, -0.2) is 18.0 Å². The van der Waals surface area contributed by atoms with Crippen molar-refractivity contribution >= 4 is 17.6 Å². The fourth-order valence-electron chi connectivity index (χ4n) is 2.97. The number of ether oxygens (including phenoxy) is 2. The second kappa shape index (κ2) is 9.27. The summed E-state index contributed by atoms with van der Waals surface area (Å²) in [4.78, 5) is 24.7. The van der Waals surface area contributed by atoms with Crippen molar-refractivity contribution in [1.82, 2.24) is 0 Å². The van der Waals surface area contributed by atoms with Gasteiger partial charge in [-0.2, -0.15) is 0 Å². The van der Waals surface area contributed by atoms with Crippen LogP contribution in [0.4, 0.5) is 5.69 Å². The molecular weight excluding hydrogens is 378 g/mol. The first kappa shape index (κ1) is 21.1. The van der Waals surface area contributed by atoms with Crippen molar-refractivity contribution in [2.45, 2.75) is 33.8 Å². The van der Waals surface area contributed by atoms with Crippen molar-refractivity contribution in [3.05, 3.63) is 89.0 Å². The van der Waals surface area contributed by atoms with Gasteiger partial charge in [0.2, 0.25) is 0 Å². The Morgan fingerprint density at radius 3 is 1.97 bits per heavy atom. The summed E-state index contributed by atoms with van der Waals surface area (Å²) in [6.07, 6.45) is -0.768. The Balaban J connectivity index is 1.58. The third-order valence-electron chi connectivity index (χ3n) is 4.48. The van der Waals surface area contributed by atoms with E-state index >= 15 is 0 Å². The van der Waals surface area contributed by atoms with E-state index in [2.05, 4.69) is 5.32 Å². The van der Waals surface area contributed by atoms with Crippen LogP contribution < -0.4 is 14.8 Å². The predicted molar refractivity (Wildman–Crippen MR) is 117 cm³/mol. The van der Waals surface area contributed by atoms with E-state index in [1.165, 1.54) is 0 Å². The molecule has 3 rings (SSSR count). The molecule has 1 amide bonds. The largest absolute Gasteiger partial charge is 0.479 e. The van der Waals surface area contributed by atoms with Gasteiger partial charge in [-0.1, -0.05) is 23.8 Å². The number of amides is 1. The Kier molecular flexibility index (Phi) is 6.52. The molecule has 1 unspecified atom stereocenters. The lowest BCUT2D eigenvalue weighted by Crippen LogP contribution is -2.28. The summed E-state index contributed by atoms with van der Waals surface area (Å²) in [7, 11) is 0. The molecule has 0 fully saturated rings. The topological polar surface area (TPSA) is 64.6 Å². The second-order valence-corrected chi connectivity index (χ2v) is 7.35. The molecule has 30 heavy (non-hydrogen) atoms. The molecule has 1 atom stereocenters. The number of hydrogen-bond donors (Lipinski definition) is 1. The highest BCUT2D eigenvalue weighted by Crippen LogP contribution is 2.19. The number of benzene rings is 3. The number of carbonyl (C=O) groups is 2. The molecule has 3 aromatic carbocycles. The van der Waals surface area contributed by atoms with E-state index in [0.717, 1.165) is 22.4 Å². The molecule has 154 valence electrons. The lowest BCUT2D eigenvalue weighted by atomic mass is 10.1. The van der Waals surface area contributed by atoms with E-state index in [4.69, 9.17) is 9.47 Å². The third kappa shape index (κ3) is 5.70. The van der Waals surface area contributed by atoms with E-state index in [-0.39, 0.29) is 5.91 Å². The average Bonchev–Trinajstić information content (AvgIpc) is 2.69. The zero-order valence-electron chi connectivity index (χ0n) is 17.6. The van der Waals surface area contributed by atoms with E-state index in [1.54, 1.807) is 31.2 Å². The fraction of sp³-hybridized carbons (Fsp3) is 0.200. The fourth-order valence-corrected chi connectivity index (χ4v) is 2.97. The highest BCUT2D eigenvalue weighted by Gasteiger charge is 2.18. The predicted octanol–water partition coefficient (Wildman–Crippen LogP) is 5.24. The van der Waals surface area contributed by atoms with E-state index in [1.807, 2.05) is 63.2 Å². The molecule has 5 nitrogen and oxygen atoms in total. The minimum absolute atomic E-state index is 0.233. The van der Waals surface area contributed by atoms with Crippen molar-refractivity contribution in [3.63, 3.8) is 0 Å². The van der Waals surface area contributed by atoms with Gasteiger partial charge in [0.1, 0.15) is 11.5 Å². The number of aryl methyl sites for hydroxylation is 3. The minimum atomic E-state index is -0.768. The normalized spacial score (nSPS) is 11.5. The average molecular weight is 403 g/mol. The Labute approximate surface area is 176 Å². The van der Waals surface area contributed by atoms with Gasteiger partial charge in [0.15, 0.2) is 6.10 Å². The molecule has 0 aromatic heterocycles. The SMILES string of the molecule is Cc1ccc(NC(=O)c2ccc(OC(=O)C(C)Oc3cc(C)cc(C)c3)cc2)cc1. The van der Waals surface area contributed by atoms with Crippen LogP contribution in [0.15, 0.2) is 66.7 Å². The first-order valence-corrected chi connectivity index (χ1v) is 9.75. The number of hydrogen-bond acceptors (Lipinski definition) is 4. The molecule has 0 saturated heterocycles. The van der Waals surface area contributed by atoms with Crippen LogP contribution in [-0.2, 0) is 4.79 Å². The monoisotopic (exact) mass is 403 g/mol. The lowest BCUT2D eigenvalue weighted by molar-refractivity contribution is -0.141. The smallest absolute Gasteiger partial charge is 0.352 e.